The number of allylic oxidation sites excluding steroid dienone is 1. The van der Waals surface area contributed by atoms with Crippen LogP contribution in [0.15, 0.2) is 52.9 Å². The number of likely N-dealkylation sites (N-methyl/N-ethyl adjacent to an activating group) is 1. The SMILES string of the molecule is C=C(/C=C\SC)CC(=O)N1CCN(CC)CC1.CN=C(NCCCN(C)C)c1ccccc1N. The Morgan fingerprint density at radius 3 is 2.50 bits per heavy atom. The lowest BCUT2D eigenvalue weighted by Gasteiger charge is -2.34. The van der Waals surface area contributed by atoms with E-state index in [4.69, 9.17) is 5.73 Å². The molecule has 0 saturated carbocycles. The number of thioether (sulfide) groups is 1. The van der Waals surface area contributed by atoms with E-state index in [1.807, 2.05) is 46.9 Å². The lowest BCUT2D eigenvalue weighted by atomic mass is 10.1. The number of nitrogens with zero attached hydrogens (tertiary/aromatic N) is 4. The number of carbonyl (C=O) groups excluding carboxylic acids is 1. The number of aliphatic imine (C=N–C) groups is 1. The normalized spacial score (nSPS) is 14.8. The van der Waals surface area contributed by atoms with Crippen LogP contribution in [0, 0.1) is 0 Å². The average molecular weight is 489 g/mol. The molecule has 0 radical (unpaired) electrons. The van der Waals surface area contributed by atoms with Gasteiger partial charge in [-0.2, -0.15) is 0 Å². The topological polar surface area (TPSA) is 77.2 Å². The molecule has 190 valence electrons. The molecule has 0 bridgehead atoms. The maximum Gasteiger partial charge on any atom is 0.227 e. The number of carbonyl (C=O) groups is 1. The van der Waals surface area contributed by atoms with Crippen LogP contribution in [0.4, 0.5) is 5.69 Å². The van der Waals surface area contributed by atoms with Crippen LogP contribution >= 0.6 is 11.8 Å². The Labute approximate surface area is 211 Å². The second-order valence-corrected chi connectivity index (χ2v) is 9.18. The number of piperazine rings is 1. The molecule has 1 saturated heterocycles. The minimum atomic E-state index is 0.205. The van der Waals surface area contributed by atoms with Crippen LogP contribution in [0.2, 0.25) is 0 Å². The number of hydrogen-bond donors (Lipinski definition) is 2. The number of nitrogen functional groups attached to an aromatic ring is 1. The molecule has 0 atom stereocenters. The molecule has 1 aliphatic heterocycles. The zero-order valence-electron chi connectivity index (χ0n) is 21.7. The van der Waals surface area contributed by atoms with Crippen LogP contribution in [0.5, 0.6) is 0 Å². The first-order chi connectivity index (χ1) is 16.3. The van der Waals surface area contributed by atoms with Gasteiger partial charge in [0.1, 0.15) is 5.84 Å². The first kappa shape index (κ1) is 29.7. The Hall–Kier alpha value is -2.29. The molecule has 1 aliphatic rings. The van der Waals surface area contributed by atoms with Crippen molar-refractivity contribution in [3.05, 3.63) is 53.5 Å². The van der Waals surface area contributed by atoms with Gasteiger partial charge in [0.25, 0.3) is 0 Å². The molecule has 1 amide bonds. The number of anilines is 1. The minimum absolute atomic E-state index is 0.205. The fraction of sp³-hybridized carbons (Fsp3) is 0.538. The van der Waals surface area contributed by atoms with Crippen LogP contribution in [-0.2, 0) is 4.79 Å². The van der Waals surface area contributed by atoms with E-state index >= 15 is 0 Å². The summed E-state index contributed by atoms with van der Waals surface area (Å²) in [4.78, 5) is 22.7. The number of nitrogens with two attached hydrogens (primary N) is 1. The Morgan fingerprint density at radius 1 is 1.26 bits per heavy atom. The van der Waals surface area contributed by atoms with Crippen molar-refractivity contribution in [3.63, 3.8) is 0 Å². The highest BCUT2D eigenvalue weighted by Gasteiger charge is 2.19. The van der Waals surface area contributed by atoms with Gasteiger partial charge in [0, 0.05) is 51.0 Å². The fourth-order valence-electron chi connectivity index (χ4n) is 3.45. The van der Waals surface area contributed by atoms with Crippen LogP contribution in [-0.4, -0.2) is 99.7 Å². The fourth-order valence-corrected chi connectivity index (χ4v) is 3.78. The summed E-state index contributed by atoms with van der Waals surface area (Å²) >= 11 is 1.62. The van der Waals surface area contributed by atoms with E-state index in [1.165, 1.54) is 0 Å². The van der Waals surface area contributed by atoms with Crippen molar-refractivity contribution in [2.45, 2.75) is 19.8 Å². The lowest BCUT2D eigenvalue weighted by molar-refractivity contribution is -0.132. The highest BCUT2D eigenvalue weighted by molar-refractivity contribution is 8.01. The van der Waals surface area contributed by atoms with Gasteiger partial charge in [0.15, 0.2) is 0 Å². The van der Waals surface area contributed by atoms with Crippen molar-refractivity contribution in [1.29, 1.82) is 0 Å². The Morgan fingerprint density at radius 2 is 1.94 bits per heavy atom. The standard InChI is InChI=1S/C13H22N4.C13H22N2OS/c1-15-13(16-9-6-10-17(2)3)11-7-4-5-8-12(11)14;1-4-14-6-8-15(9-7-14)13(16)11-12(2)5-10-17-3/h4-5,7-8H,6,9-10,14H2,1-3H3,(H,15,16);5,10H,2,4,6-9,11H2,1,3H3/b;10-5-. The molecule has 0 spiro atoms. The van der Waals surface area contributed by atoms with Gasteiger partial charge in [-0.25, -0.2) is 0 Å². The smallest absolute Gasteiger partial charge is 0.227 e. The summed E-state index contributed by atoms with van der Waals surface area (Å²) in [7, 11) is 5.93. The molecule has 2 rings (SSSR count). The third kappa shape index (κ3) is 11.7. The van der Waals surface area contributed by atoms with Gasteiger partial charge >= 0.3 is 0 Å². The predicted octanol–water partition coefficient (Wildman–Crippen LogP) is 3.16. The zero-order chi connectivity index (χ0) is 25.3. The van der Waals surface area contributed by atoms with E-state index in [1.54, 1.807) is 18.8 Å². The van der Waals surface area contributed by atoms with Crippen molar-refractivity contribution in [2.75, 3.05) is 78.9 Å². The number of hydrogen-bond acceptors (Lipinski definition) is 6. The van der Waals surface area contributed by atoms with E-state index in [0.717, 1.165) is 74.9 Å². The Balaban J connectivity index is 0.000000340. The van der Waals surface area contributed by atoms with E-state index < -0.39 is 0 Å². The largest absolute Gasteiger partial charge is 0.398 e. The van der Waals surface area contributed by atoms with Gasteiger partial charge in [-0.3, -0.25) is 9.79 Å². The number of amides is 1. The summed E-state index contributed by atoms with van der Waals surface area (Å²) in [5, 5.41) is 5.29. The second kappa shape index (κ2) is 17.2. The molecule has 1 aromatic carbocycles. The number of para-hydroxylation sites is 1. The second-order valence-electron chi connectivity index (χ2n) is 8.43. The van der Waals surface area contributed by atoms with Crippen molar-refractivity contribution in [3.8, 4) is 0 Å². The van der Waals surface area contributed by atoms with E-state index in [2.05, 4.69) is 47.7 Å². The van der Waals surface area contributed by atoms with Gasteiger partial charge in [-0.1, -0.05) is 31.7 Å². The molecule has 1 aromatic rings. The van der Waals surface area contributed by atoms with Crippen molar-refractivity contribution in [1.82, 2.24) is 20.0 Å². The van der Waals surface area contributed by atoms with Crippen LogP contribution < -0.4 is 11.1 Å². The van der Waals surface area contributed by atoms with Gasteiger partial charge in [-0.15, -0.1) is 11.8 Å². The van der Waals surface area contributed by atoms with E-state index in [0.29, 0.717) is 6.42 Å². The van der Waals surface area contributed by atoms with Crippen molar-refractivity contribution < 1.29 is 4.79 Å². The summed E-state index contributed by atoms with van der Waals surface area (Å²) in [6.45, 7) is 12.8. The molecule has 3 N–H and O–H groups in total. The molecule has 0 unspecified atom stereocenters. The summed E-state index contributed by atoms with van der Waals surface area (Å²) in [5.74, 6) is 1.07. The average Bonchev–Trinajstić information content (AvgIpc) is 2.83. The Bertz CT molecular complexity index is 800. The van der Waals surface area contributed by atoms with Crippen LogP contribution in [0.1, 0.15) is 25.3 Å². The van der Waals surface area contributed by atoms with Gasteiger partial charge < -0.3 is 25.8 Å². The van der Waals surface area contributed by atoms with Gasteiger partial charge in [-0.05, 0) is 63.0 Å². The highest BCUT2D eigenvalue weighted by atomic mass is 32.2. The van der Waals surface area contributed by atoms with Crippen molar-refractivity contribution in [2.24, 2.45) is 4.99 Å². The monoisotopic (exact) mass is 488 g/mol. The predicted molar refractivity (Wildman–Crippen MR) is 150 cm³/mol. The summed E-state index contributed by atoms with van der Waals surface area (Å²) < 4.78 is 0. The number of nitrogens with one attached hydrogen (secondary N) is 1. The molecule has 0 aromatic heterocycles. The molecule has 1 heterocycles. The van der Waals surface area contributed by atoms with Gasteiger partial charge in [0.05, 0.1) is 6.42 Å². The first-order valence-corrected chi connectivity index (χ1v) is 13.2. The highest BCUT2D eigenvalue weighted by Crippen LogP contribution is 2.11. The third-order valence-corrected chi connectivity index (χ3v) is 5.91. The summed E-state index contributed by atoms with van der Waals surface area (Å²) in [6, 6.07) is 7.77. The molecule has 34 heavy (non-hydrogen) atoms. The number of rotatable bonds is 10. The Kier molecular flexibility index (Phi) is 15.0. The van der Waals surface area contributed by atoms with Crippen LogP contribution in [0.25, 0.3) is 0 Å². The lowest BCUT2D eigenvalue weighted by Crippen LogP contribution is -2.48. The maximum absolute atomic E-state index is 12.0. The quantitative estimate of drug-likeness (QED) is 0.173. The van der Waals surface area contributed by atoms with Gasteiger partial charge in [0.2, 0.25) is 5.91 Å². The third-order valence-electron chi connectivity index (χ3n) is 5.50. The number of amidine groups is 1. The van der Waals surface area contributed by atoms with E-state index in [9.17, 15) is 4.79 Å². The molecule has 0 aliphatic carbocycles. The summed E-state index contributed by atoms with van der Waals surface area (Å²) in [5.41, 5.74) is 8.54. The maximum atomic E-state index is 12.0. The molecule has 1 fully saturated rings. The molecule has 8 heteroatoms. The molecular weight excluding hydrogens is 444 g/mol. The molecular formula is C26H44N6OS. The first-order valence-electron chi connectivity index (χ1n) is 11.9. The summed E-state index contributed by atoms with van der Waals surface area (Å²) in [6.07, 6.45) is 5.45. The zero-order valence-corrected chi connectivity index (χ0v) is 22.5. The van der Waals surface area contributed by atoms with Crippen LogP contribution in [0.3, 0.4) is 0 Å². The van der Waals surface area contributed by atoms with E-state index in [-0.39, 0.29) is 5.91 Å². The number of benzene rings is 1. The molecule has 7 nitrogen and oxygen atoms in total. The van der Waals surface area contributed by atoms with Crippen molar-refractivity contribution >= 4 is 29.2 Å². The minimum Gasteiger partial charge on any atom is -0.398 e.